The summed E-state index contributed by atoms with van der Waals surface area (Å²) in [5, 5.41) is 2.89. The lowest BCUT2D eigenvalue weighted by molar-refractivity contribution is -0.125. The van der Waals surface area contributed by atoms with E-state index in [1.165, 1.54) is 25.3 Å². The minimum atomic E-state index is -0.588. The Morgan fingerprint density at radius 1 is 1.29 bits per heavy atom. The molecule has 0 aromatic heterocycles. The van der Waals surface area contributed by atoms with Gasteiger partial charge < -0.3 is 10.1 Å². The highest BCUT2D eigenvalue weighted by Crippen LogP contribution is 2.22. The first-order valence-electron chi connectivity index (χ1n) is 6.53. The smallest absolute Gasteiger partial charge is 0.339 e. The summed E-state index contributed by atoms with van der Waals surface area (Å²) in [6, 6.07) is 4.42. The van der Waals surface area contributed by atoms with Crippen LogP contribution in [-0.4, -0.2) is 24.8 Å². The first kappa shape index (κ1) is 17.2. The SMILES string of the molecule is COC(=O)c1ccc(Cl)cc1NC(=O)CC(=O)CC(C)C. The number of hydrogen-bond donors (Lipinski definition) is 1. The number of methoxy groups -OCH3 is 1. The summed E-state index contributed by atoms with van der Waals surface area (Å²) in [6.45, 7) is 3.81. The zero-order valence-electron chi connectivity index (χ0n) is 12.2. The van der Waals surface area contributed by atoms with Gasteiger partial charge in [0, 0.05) is 11.4 Å². The molecule has 0 radical (unpaired) electrons. The number of benzene rings is 1. The van der Waals surface area contributed by atoms with Crippen molar-refractivity contribution in [2.45, 2.75) is 26.7 Å². The number of amides is 1. The second kappa shape index (κ2) is 7.78. The maximum Gasteiger partial charge on any atom is 0.339 e. The monoisotopic (exact) mass is 311 g/mol. The number of hydrogen-bond acceptors (Lipinski definition) is 4. The van der Waals surface area contributed by atoms with Crippen LogP contribution in [0, 0.1) is 5.92 Å². The van der Waals surface area contributed by atoms with E-state index in [0.717, 1.165) is 0 Å². The lowest BCUT2D eigenvalue weighted by atomic mass is 10.0. The number of esters is 1. The molecule has 0 heterocycles. The van der Waals surface area contributed by atoms with Gasteiger partial charge in [-0.2, -0.15) is 0 Å². The molecular weight excluding hydrogens is 294 g/mol. The fraction of sp³-hybridized carbons (Fsp3) is 0.400. The van der Waals surface area contributed by atoms with Crippen LogP contribution in [-0.2, 0) is 14.3 Å². The van der Waals surface area contributed by atoms with Crippen LogP contribution < -0.4 is 5.32 Å². The minimum absolute atomic E-state index is 0.149. The van der Waals surface area contributed by atoms with Crippen molar-refractivity contribution >= 4 is 34.9 Å². The quantitative estimate of drug-likeness (QED) is 0.647. The molecule has 0 aliphatic rings. The van der Waals surface area contributed by atoms with Crippen molar-refractivity contribution in [3.8, 4) is 0 Å². The third-order valence-electron chi connectivity index (χ3n) is 2.65. The number of ether oxygens (including phenoxy) is 1. The Balaban J connectivity index is 2.82. The molecule has 21 heavy (non-hydrogen) atoms. The number of carbonyl (C=O) groups is 3. The minimum Gasteiger partial charge on any atom is -0.465 e. The molecule has 0 unspecified atom stereocenters. The maximum atomic E-state index is 11.9. The van der Waals surface area contributed by atoms with Crippen molar-refractivity contribution in [1.29, 1.82) is 0 Å². The number of nitrogens with one attached hydrogen (secondary N) is 1. The average Bonchev–Trinajstić information content (AvgIpc) is 2.36. The van der Waals surface area contributed by atoms with Gasteiger partial charge in [0.2, 0.25) is 5.91 Å². The fourth-order valence-electron chi connectivity index (χ4n) is 1.81. The van der Waals surface area contributed by atoms with Crippen LogP contribution in [0.15, 0.2) is 18.2 Å². The Bertz CT molecular complexity index is 555. The molecule has 0 spiro atoms. The molecule has 6 heteroatoms. The summed E-state index contributed by atoms with van der Waals surface area (Å²) in [5.74, 6) is -1.02. The van der Waals surface area contributed by atoms with Crippen LogP contribution in [0.3, 0.4) is 0 Å². The normalized spacial score (nSPS) is 10.3. The van der Waals surface area contributed by atoms with E-state index >= 15 is 0 Å². The Morgan fingerprint density at radius 2 is 1.95 bits per heavy atom. The number of ketones is 1. The lowest BCUT2D eigenvalue weighted by Crippen LogP contribution is -2.19. The first-order valence-corrected chi connectivity index (χ1v) is 6.90. The van der Waals surface area contributed by atoms with Gasteiger partial charge in [-0.25, -0.2) is 4.79 Å². The van der Waals surface area contributed by atoms with Crippen LogP contribution in [0.5, 0.6) is 0 Å². The molecule has 1 rings (SSSR count). The molecule has 0 fully saturated rings. The van der Waals surface area contributed by atoms with E-state index in [1.807, 2.05) is 13.8 Å². The molecule has 5 nitrogen and oxygen atoms in total. The average molecular weight is 312 g/mol. The summed E-state index contributed by atoms with van der Waals surface area (Å²) >= 11 is 5.85. The van der Waals surface area contributed by atoms with Crippen LogP contribution in [0.1, 0.15) is 37.0 Å². The van der Waals surface area contributed by atoms with E-state index in [0.29, 0.717) is 11.4 Å². The highest BCUT2D eigenvalue weighted by Gasteiger charge is 2.16. The predicted octanol–water partition coefficient (Wildman–Crippen LogP) is 3.07. The zero-order chi connectivity index (χ0) is 16.0. The van der Waals surface area contributed by atoms with Gasteiger partial charge in [-0.05, 0) is 24.1 Å². The molecule has 1 aromatic carbocycles. The van der Waals surface area contributed by atoms with Crippen LogP contribution in [0.2, 0.25) is 5.02 Å². The summed E-state index contributed by atoms with van der Waals surface area (Å²) in [4.78, 5) is 35.1. The number of carbonyl (C=O) groups excluding carboxylic acids is 3. The summed E-state index contributed by atoms with van der Waals surface area (Å²) in [7, 11) is 1.24. The van der Waals surface area contributed by atoms with Gasteiger partial charge in [0.1, 0.15) is 5.78 Å². The van der Waals surface area contributed by atoms with Crippen LogP contribution in [0.4, 0.5) is 5.69 Å². The van der Waals surface area contributed by atoms with Gasteiger partial charge in [0.05, 0.1) is 24.8 Å². The summed E-state index contributed by atoms with van der Waals surface area (Å²) in [6.07, 6.45) is 0.109. The summed E-state index contributed by atoms with van der Waals surface area (Å²) < 4.78 is 4.63. The first-order chi connectivity index (χ1) is 9.83. The van der Waals surface area contributed by atoms with Crippen molar-refractivity contribution in [1.82, 2.24) is 0 Å². The predicted molar refractivity (Wildman–Crippen MR) is 80.5 cm³/mol. The molecule has 0 saturated carbocycles. The zero-order valence-corrected chi connectivity index (χ0v) is 13.0. The lowest BCUT2D eigenvalue weighted by Gasteiger charge is -2.10. The van der Waals surface area contributed by atoms with E-state index in [4.69, 9.17) is 11.6 Å². The number of rotatable bonds is 6. The number of anilines is 1. The second-order valence-electron chi connectivity index (χ2n) is 5.04. The van der Waals surface area contributed by atoms with Gasteiger partial charge in [-0.1, -0.05) is 25.4 Å². The van der Waals surface area contributed by atoms with E-state index in [2.05, 4.69) is 10.1 Å². The van der Waals surface area contributed by atoms with E-state index < -0.39 is 11.9 Å². The molecule has 0 saturated heterocycles. The molecule has 1 N–H and O–H groups in total. The van der Waals surface area contributed by atoms with Gasteiger partial charge >= 0.3 is 5.97 Å². The molecule has 1 amide bonds. The third kappa shape index (κ3) is 5.55. The number of Topliss-reactive ketones (excluding diaryl/α,β-unsaturated/α-hetero) is 1. The Morgan fingerprint density at radius 3 is 2.52 bits per heavy atom. The van der Waals surface area contributed by atoms with Gasteiger partial charge in [-0.3, -0.25) is 9.59 Å². The Hall–Kier alpha value is -1.88. The Labute approximate surface area is 128 Å². The van der Waals surface area contributed by atoms with Crippen molar-refractivity contribution in [2.24, 2.45) is 5.92 Å². The summed E-state index contributed by atoms with van der Waals surface area (Å²) in [5.41, 5.74) is 0.420. The third-order valence-corrected chi connectivity index (χ3v) is 2.89. The molecule has 0 atom stereocenters. The van der Waals surface area contributed by atoms with Crippen molar-refractivity contribution in [3.05, 3.63) is 28.8 Å². The molecule has 1 aromatic rings. The fourth-order valence-corrected chi connectivity index (χ4v) is 1.98. The van der Waals surface area contributed by atoms with Crippen molar-refractivity contribution in [3.63, 3.8) is 0 Å². The molecule has 114 valence electrons. The van der Waals surface area contributed by atoms with Crippen LogP contribution >= 0.6 is 11.6 Å². The molecule has 0 aliphatic carbocycles. The molecule has 0 bridgehead atoms. The van der Waals surface area contributed by atoms with Gasteiger partial charge in [-0.15, -0.1) is 0 Å². The standard InChI is InChI=1S/C15H18ClNO4/c1-9(2)6-11(18)8-14(19)17-13-7-10(16)4-5-12(13)15(20)21-3/h4-5,7,9H,6,8H2,1-3H3,(H,17,19). The molecular formula is C15H18ClNO4. The topological polar surface area (TPSA) is 72.5 Å². The highest BCUT2D eigenvalue weighted by molar-refractivity contribution is 6.31. The van der Waals surface area contributed by atoms with E-state index in [1.54, 1.807) is 0 Å². The number of halogens is 1. The maximum absolute atomic E-state index is 11.9. The van der Waals surface area contributed by atoms with Crippen LogP contribution in [0.25, 0.3) is 0 Å². The van der Waals surface area contributed by atoms with E-state index in [9.17, 15) is 14.4 Å². The highest BCUT2D eigenvalue weighted by atomic mass is 35.5. The molecule has 0 aliphatic heterocycles. The van der Waals surface area contributed by atoms with Gasteiger partial charge in [0.25, 0.3) is 0 Å². The van der Waals surface area contributed by atoms with Crippen molar-refractivity contribution < 1.29 is 19.1 Å². The Kier molecular flexibility index (Phi) is 6.37. The largest absolute Gasteiger partial charge is 0.465 e. The van der Waals surface area contributed by atoms with Crippen molar-refractivity contribution in [2.75, 3.05) is 12.4 Å². The second-order valence-corrected chi connectivity index (χ2v) is 5.48. The van der Waals surface area contributed by atoms with Gasteiger partial charge in [0.15, 0.2) is 0 Å². The van der Waals surface area contributed by atoms with E-state index in [-0.39, 0.29) is 29.4 Å².